The summed E-state index contributed by atoms with van der Waals surface area (Å²) < 4.78 is 5.27. The SMILES string of the molecule is COc1cc(Br)c(C=O)cc1[N+](=O)[O-]. The minimum Gasteiger partial charge on any atom is -0.490 e. The van der Waals surface area contributed by atoms with Gasteiger partial charge in [-0.25, -0.2) is 0 Å². The number of carbonyl (C=O) groups is 1. The van der Waals surface area contributed by atoms with Gasteiger partial charge in [-0.3, -0.25) is 14.9 Å². The van der Waals surface area contributed by atoms with E-state index in [4.69, 9.17) is 4.74 Å². The molecule has 5 nitrogen and oxygen atoms in total. The van der Waals surface area contributed by atoms with Crippen molar-refractivity contribution in [2.24, 2.45) is 0 Å². The minimum absolute atomic E-state index is 0.118. The molecule has 0 fully saturated rings. The van der Waals surface area contributed by atoms with E-state index in [1.54, 1.807) is 0 Å². The lowest BCUT2D eigenvalue weighted by Crippen LogP contribution is -1.96. The Morgan fingerprint density at radius 1 is 1.57 bits per heavy atom. The summed E-state index contributed by atoms with van der Waals surface area (Å²) in [7, 11) is 1.33. The number of ether oxygens (including phenoxy) is 1. The van der Waals surface area contributed by atoms with Crippen molar-refractivity contribution in [3.05, 3.63) is 32.3 Å². The van der Waals surface area contributed by atoms with Gasteiger partial charge in [-0.1, -0.05) is 0 Å². The molecule has 0 spiro atoms. The predicted octanol–water partition coefficient (Wildman–Crippen LogP) is 2.18. The Morgan fingerprint density at radius 3 is 2.64 bits per heavy atom. The molecule has 0 bridgehead atoms. The predicted molar refractivity (Wildman–Crippen MR) is 52.7 cm³/mol. The van der Waals surface area contributed by atoms with Gasteiger partial charge < -0.3 is 4.74 Å². The van der Waals surface area contributed by atoms with E-state index >= 15 is 0 Å². The molecule has 0 aliphatic carbocycles. The van der Waals surface area contributed by atoms with Crippen molar-refractivity contribution in [3.63, 3.8) is 0 Å². The Morgan fingerprint density at radius 2 is 2.21 bits per heavy atom. The van der Waals surface area contributed by atoms with E-state index in [-0.39, 0.29) is 17.0 Å². The fraction of sp³-hybridized carbons (Fsp3) is 0.125. The van der Waals surface area contributed by atoms with Crippen molar-refractivity contribution in [1.29, 1.82) is 0 Å². The Balaban J connectivity index is 3.39. The van der Waals surface area contributed by atoms with Crippen LogP contribution in [-0.2, 0) is 0 Å². The summed E-state index contributed by atoms with van der Waals surface area (Å²) in [5.41, 5.74) is -0.00435. The average molecular weight is 260 g/mol. The molecule has 0 aliphatic heterocycles. The van der Waals surface area contributed by atoms with E-state index in [1.807, 2.05) is 0 Å². The van der Waals surface area contributed by atoms with E-state index in [1.165, 1.54) is 13.2 Å². The molecule has 0 amide bonds. The zero-order valence-corrected chi connectivity index (χ0v) is 8.78. The summed E-state index contributed by atoms with van der Waals surface area (Å²) in [5, 5.41) is 10.6. The van der Waals surface area contributed by atoms with E-state index < -0.39 is 4.92 Å². The number of halogens is 1. The third-order valence-electron chi connectivity index (χ3n) is 1.62. The number of nitro benzene ring substituents is 1. The Hall–Kier alpha value is -1.43. The van der Waals surface area contributed by atoms with Gasteiger partial charge >= 0.3 is 5.69 Å². The maximum atomic E-state index is 10.6. The summed E-state index contributed by atoms with van der Waals surface area (Å²) >= 11 is 3.10. The van der Waals surface area contributed by atoms with Crippen molar-refractivity contribution in [2.75, 3.05) is 7.11 Å². The molecule has 0 saturated heterocycles. The van der Waals surface area contributed by atoms with Crippen LogP contribution in [0.4, 0.5) is 5.69 Å². The first kappa shape index (κ1) is 10.6. The largest absolute Gasteiger partial charge is 0.490 e. The summed E-state index contributed by atoms with van der Waals surface area (Å²) in [5.74, 6) is 0.118. The van der Waals surface area contributed by atoms with Crippen molar-refractivity contribution in [2.45, 2.75) is 0 Å². The lowest BCUT2D eigenvalue weighted by Gasteiger charge is -2.03. The molecule has 0 saturated carbocycles. The van der Waals surface area contributed by atoms with E-state index in [0.29, 0.717) is 10.8 Å². The second-order valence-electron chi connectivity index (χ2n) is 2.42. The van der Waals surface area contributed by atoms with Crippen molar-refractivity contribution >= 4 is 27.9 Å². The molecule has 0 radical (unpaired) electrons. The number of rotatable bonds is 3. The standard InChI is InChI=1S/C8H6BrNO4/c1-14-8-3-6(9)5(4-11)2-7(8)10(12)13/h2-4H,1H3. The van der Waals surface area contributed by atoms with Crippen LogP contribution in [0.1, 0.15) is 10.4 Å². The van der Waals surface area contributed by atoms with Crippen molar-refractivity contribution in [3.8, 4) is 5.75 Å². The van der Waals surface area contributed by atoms with E-state index in [2.05, 4.69) is 15.9 Å². The van der Waals surface area contributed by atoms with Crippen molar-refractivity contribution in [1.82, 2.24) is 0 Å². The van der Waals surface area contributed by atoms with Crippen LogP contribution in [0.3, 0.4) is 0 Å². The molecule has 0 unspecified atom stereocenters. The first-order valence-electron chi connectivity index (χ1n) is 3.57. The molecule has 6 heteroatoms. The van der Waals surface area contributed by atoms with Gasteiger partial charge in [0.2, 0.25) is 0 Å². The number of aldehydes is 1. The lowest BCUT2D eigenvalue weighted by molar-refractivity contribution is -0.385. The number of methoxy groups -OCH3 is 1. The van der Waals surface area contributed by atoms with Crippen LogP contribution in [0, 0.1) is 10.1 Å². The number of benzene rings is 1. The molecule has 0 N–H and O–H groups in total. The van der Waals surface area contributed by atoms with Gasteiger partial charge in [0.05, 0.1) is 12.0 Å². The first-order valence-corrected chi connectivity index (χ1v) is 4.36. The molecule has 1 aromatic rings. The van der Waals surface area contributed by atoms with Crippen LogP contribution < -0.4 is 4.74 Å². The highest BCUT2D eigenvalue weighted by atomic mass is 79.9. The molecule has 0 atom stereocenters. The molecule has 1 aromatic carbocycles. The fourth-order valence-electron chi connectivity index (χ4n) is 0.956. The third-order valence-corrected chi connectivity index (χ3v) is 2.31. The second-order valence-corrected chi connectivity index (χ2v) is 3.27. The van der Waals surface area contributed by atoms with E-state index in [9.17, 15) is 14.9 Å². The van der Waals surface area contributed by atoms with Gasteiger partial charge in [0.25, 0.3) is 0 Å². The molecule has 0 heterocycles. The maximum Gasteiger partial charge on any atom is 0.311 e. The summed E-state index contributed by atoms with van der Waals surface area (Å²) in [6, 6.07) is 2.55. The Labute approximate surface area is 88.0 Å². The number of nitro groups is 1. The van der Waals surface area contributed by atoms with E-state index in [0.717, 1.165) is 6.07 Å². The van der Waals surface area contributed by atoms with Gasteiger partial charge in [-0.15, -0.1) is 0 Å². The quantitative estimate of drug-likeness (QED) is 0.474. The van der Waals surface area contributed by atoms with Gasteiger partial charge in [0, 0.05) is 22.2 Å². The van der Waals surface area contributed by atoms with Gasteiger partial charge in [-0.05, 0) is 15.9 Å². The van der Waals surface area contributed by atoms with Crippen LogP contribution in [0.25, 0.3) is 0 Å². The number of hydrogen-bond acceptors (Lipinski definition) is 4. The monoisotopic (exact) mass is 259 g/mol. The molecular weight excluding hydrogens is 254 g/mol. The third kappa shape index (κ3) is 1.90. The zero-order valence-electron chi connectivity index (χ0n) is 7.19. The molecule has 14 heavy (non-hydrogen) atoms. The number of nitrogens with zero attached hydrogens (tertiary/aromatic N) is 1. The second kappa shape index (κ2) is 4.19. The van der Waals surface area contributed by atoms with Crippen LogP contribution in [-0.4, -0.2) is 18.3 Å². The highest BCUT2D eigenvalue weighted by Crippen LogP contribution is 2.32. The lowest BCUT2D eigenvalue weighted by atomic mass is 10.2. The van der Waals surface area contributed by atoms with Crippen LogP contribution in [0.15, 0.2) is 16.6 Å². The molecule has 0 aromatic heterocycles. The Kier molecular flexibility index (Phi) is 3.19. The van der Waals surface area contributed by atoms with Gasteiger partial charge in [-0.2, -0.15) is 0 Å². The smallest absolute Gasteiger partial charge is 0.311 e. The number of carbonyl (C=O) groups excluding carboxylic acids is 1. The Bertz CT molecular complexity index is 391. The summed E-state index contributed by atoms with van der Waals surface area (Å²) in [4.78, 5) is 20.5. The molecule has 1 rings (SSSR count). The highest BCUT2D eigenvalue weighted by molar-refractivity contribution is 9.10. The molecule has 0 aliphatic rings. The zero-order chi connectivity index (χ0) is 10.7. The number of hydrogen-bond donors (Lipinski definition) is 0. The van der Waals surface area contributed by atoms with Crippen LogP contribution in [0.2, 0.25) is 0 Å². The topological polar surface area (TPSA) is 69.4 Å². The van der Waals surface area contributed by atoms with Gasteiger partial charge in [0.1, 0.15) is 0 Å². The van der Waals surface area contributed by atoms with Crippen molar-refractivity contribution < 1.29 is 14.5 Å². The maximum absolute atomic E-state index is 10.6. The average Bonchev–Trinajstić information content (AvgIpc) is 2.16. The molecular formula is C8H6BrNO4. The summed E-state index contributed by atoms with van der Waals surface area (Å²) in [6.07, 6.45) is 0.538. The first-order chi connectivity index (χ1) is 6.60. The van der Waals surface area contributed by atoms with Gasteiger partial charge in [0.15, 0.2) is 12.0 Å². The normalized spacial score (nSPS) is 9.57. The fourth-order valence-corrected chi connectivity index (χ4v) is 1.37. The van der Waals surface area contributed by atoms with Crippen LogP contribution in [0.5, 0.6) is 5.75 Å². The van der Waals surface area contributed by atoms with Crippen LogP contribution >= 0.6 is 15.9 Å². The highest BCUT2D eigenvalue weighted by Gasteiger charge is 2.17. The summed E-state index contributed by atoms with van der Waals surface area (Å²) in [6.45, 7) is 0. The molecule has 74 valence electrons. The minimum atomic E-state index is -0.599.